The van der Waals surface area contributed by atoms with Gasteiger partial charge in [-0.05, 0) is 14.0 Å². The number of thiazole rings is 1. The van der Waals surface area contributed by atoms with Crippen LogP contribution in [-0.2, 0) is 0 Å². The Morgan fingerprint density at radius 3 is 2.94 bits per heavy atom. The number of aromatic nitrogens is 1. The van der Waals surface area contributed by atoms with Crippen LogP contribution in [0.1, 0.15) is 17.4 Å². The zero-order valence-electron chi connectivity index (χ0n) is 9.51. The Morgan fingerprint density at radius 2 is 2.38 bits per heavy atom. The third-order valence-corrected chi connectivity index (χ3v) is 3.51. The van der Waals surface area contributed by atoms with Gasteiger partial charge in [-0.15, -0.1) is 11.3 Å². The molecule has 0 spiro atoms. The van der Waals surface area contributed by atoms with Gasteiger partial charge in [-0.3, -0.25) is 4.79 Å². The van der Waals surface area contributed by atoms with Gasteiger partial charge in [0, 0.05) is 31.1 Å². The van der Waals surface area contributed by atoms with Gasteiger partial charge in [-0.1, -0.05) is 0 Å². The van der Waals surface area contributed by atoms with Crippen LogP contribution in [0, 0.1) is 0 Å². The minimum atomic E-state index is -0.00597. The van der Waals surface area contributed by atoms with E-state index in [4.69, 9.17) is 5.73 Å². The van der Waals surface area contributed by atoms with Crippen molar-refractivity contribution in [2.75, 3.05) is 32.4 Å². The summed E-state index contributed by atoms with van der Waals surface area (Å²) in [7, 11) is 2.07. The van der Waals surface area contributed by atoms with Gasteiger partial charge < -0.3 is 15.5 Å². The molecule has 0 saturated carbocycles. The lowest BCUT2D eigenvalue weighted by Crippen LogP contribution is -2.52. The number of anilines is 1. The summed E-state index contributed by atoms with van der Waals surface area (Å²) in [5.41, 5.74) is 6.00. The number of piperazine rings is 1. The van der Waals surface area contributed by atoms with Gasteiger partial charge in [0.2, 0.25) is 0 Å². The third kappa shape index (κ3) is 2.17. The normalized spacial score (nSPS) is 22.4. The van der Waals surface area contributed by atoms with E-state index >= 15 is 0 Å². The molecule has 2 N–H and O–H groups in total. The van der Waals surface area contributed by atoms with E-state index in [1.165, 1.54) is 11.3 Å². The molecule has 2 heterocycles. The van der Waals surface area contributed by atoms with E-state index < -0.39 is 0 Å². The van der Waals surface area contributed by atoms with Crippen LogP contribution in [0.2, 0.25) is 0 Å². The molecule has 1 aromatic rings. The van der Waals surface area contributed by atoms with Crippen molar-refractivity contribution < 1.29 is 4.79 Å². The Bertz CT molecular complexity index is 392. The summed E-state index contributed by atoms with van der Waals surface area (Å²) < 4.78 is 0. The van der Waals surface area contributed by atoms with Crippen LogP contribution in [0.4, 0.5) is 5.13 Å². The van der Waals surface area contributed by atoms with Crippen molar-refractivity contribution in [1.29, 1.82) is 0 Å². The predicted molar refractivity (Wildman–Crippen MR) is 64.5 cm³/mol. The van der Waals surface area contributed by atoms with E-state index in [0.29, 0.717) is 10.8 Å². The fourth-order valence-corrected chi connectivity index (χ4v) is 2.51. The molecule has 0 aliphatic carbocycles. The summed E-state index contributed by atoms with van der Waals surface area (Å²) in [6.45, 7) is 4.64. The number of carbonyl (C=O) groups is 1. The molecule has 1 saturated heterocycles. The number of hydrogen-bond acceptors (Lipinski definition) is 5. The van der Waals surface area contributed by atoms with Gasteiger partial charge in [0.25, 0.3) is 5.91 Å². The molecule has 1 aromatic heterocycles. The first-order valence-electron chi connectivity index (χ1n) is 5.28. The van der Waals surface area contributed by atoms with Gasteiger partial charge in [-0.2, -0.15) is 0 Å². The van der Waals surface area contributed by atoms with Crippen molar-refractivity contribution in [3.05, 3.63) is 11.1 Å². The molecular weight excluding hydrogens is 224 g/mol. The van der Waals surface area contributed by atoms with Crippen molar-refractivity contribution in [2.45, 2.75) is 13.0 Å². The van der Waals surface area contributed by atoms with Crippen molar-refractivity contribution in [1.82, 2.24) is 14.8 Å². The molecule has 0 aromatic carbocycles. The molecule has 2 rings (SSSR count). The second-order valence-electron chi connectivity index (χ2n) is 4.18. The smallest absolute Gasteiger partial charge is 0.273 e. The van der Waals surface area contributed by atoms with Crippen LogP contribution >= 0.6 is 11.3 Å². The summed E-state index contributed by atoms with van der Waals surface area (Å²) in [5, 5.41) is 2.17. The fourth-order valence-electron chi connectivity index (χ4n) is 1.97. The largest absolute Gasteiger partial charge is 0.375 e. The number of hydrogen-bond donors (Lipinski definition) is 1. The van der Waals surface area contributed by atoms with E-state index in [2.05, 4.69) is 23.9 Å². The van der Waals surface area contributed by atoms with Crippen LogP contribution in [0.3, 0.4) is 0 Å². The average Bonchev–Trinajstić information content (AvgIpc) is 2.64. The van der Waals surface area contributed by atoms with E-state index in [9.17, 15) is 4.79 Å². The van der Waals surface area contributed by atoms with Gasteiger partial charge in [0.1, 0.15) is 5.69 Å². The van der Waals surface area contributed by atoms with Crippen LogP contribution in [0.25, 0.3) is 0 Å². The lowest BCUT2D eigenvalue weighted by atomic mass is 10.2. The van der Waals surface area contributed by atoms with Crippen LogP contribution < -0.4 is 5.73 Å². The first-order chi connectivity index (χ1) is 7.58. The number of amides is 1. The topological polar surface area (TPSA) is 62.5 Å². The SMILES string of the molecule is CC1CN(C)CCN1C(=O)c1csc(N)n1. The average molecular weight is 240 g/mol. The van der Waals surface area contributed by atoms with Crippen molar-refractivity contribution in [3.63, 3.8) is 0 Å². The number of nitrogens with two attached hydrogens (primary N) is 1. The Labute approximate surface area is 98.9 Å². The lowest BCUT2D eigenvalue weighted by molar-refractivity contribution is 0.0528. The molecule has 1 amide bonds. The Hall–Kier alpha value is -1.14. The molecule has 6 heteroatoms. The fraction of sp³-hybridized carbons (Fsp3) is 0.600. The minimum Gasteiger partial charge on any atom is -0.375 e. The maximum atomic E-state index is 12.1. The monoisotopic (exact) mass is 240 g/mol. The van der Waals surface area contributed by atoms with Gasteiger partial charge in [0.05, 0.1) is 0 Å². The minimum absolute atomic E-state index is 0.00597. The molecule has 88 valence electrons. The van der Waals surface area contributed by atoms with Crippen molar-refractivity contribution in [2.24, 2.45) is 0 Å². The second-order valence-corrected chi connectivity index (χ2v) is 5.07. The van der Waals surface area contributed by atoms with Gasteiger partial charge >= 0.3 is 0 Å². The summed E-state index contributed by atoms with van der Waals surface area (Å²) in [6.07, 6.45) is 0. The summed E-state index contributed by atoms with van der Waals surface area (Å²) in [5.74, 6) is -0.00597. The molecule has 1 fully saturated rings. The highest BCUT2D eigenvalue weighted by Gasteiger charge is 2.27. The van der Waals surface area contributed by atoms with Gasteiger partial charge in [-0.25, -0.2) is 4.98 Å². The molecule has 0 radical (unpaired) electrons. The first-order valence-corrected chi connectivity index (χ1v) is 6.16. The van der Waals surface area contributed by atoms with E-state index in [1.54, 1.807) is 5.38 Å². The molecule has 5 nitrogen and oxygen atoms in total. The first kappa shape index (κ1) is 11.3. The van der Waals surface area contributed by atoms with Crippen LogP contribution in [-0.4, -0.2) is 53.4 Å². The molecule has 16 heavy (non-hydrogen) atoms. The van der Waals surface area contributed by atoms with Gasteiger partial charge in [0.15, 0.2) is 5.13 Å². The maximum Gasteiger partial charge on any atom is 0.273 e. The van der Waals surface area contributed by atoms with Crippen molar-refractivity contribution >= 4 is 22.4 Å². The summed E-state index contributed by atoms with van der Waals surface area (Å²) in [6, 6.07) is 0.231. The Kier molecular flexibility index (Phi) is 3.11. The molecule has 1 aliphatic rings. The predicted octanol–water partition coefficient (Wildman–Crippen LogP) is 0.501. The highest BCUT2D eigenvalue weighted by molar-refractivity contribution is 7.13. The van der Waals surface area contributed by atoms with E-state index in [-0.39, 0.29) is 11.9 Å². The molecule has 1 unspecified atom stereocenters. The standard InChI is InChI=1S/C10H16N4OS/c1-7-5-13(2)3-4-14(7)9(15)8-6-16-10(11)12-8/h6-7H,3-5H2,1-2H3,(H2,11,12). The molecule has 1 aliphatic heterocycles. The number of nitrogens with zero attached hydrogens (tertiary/aromatic N) is 3. The van der Waals surface area contributed by atoms with Crippen molar-refractivity contribution in [3.8, 4) is 0 Å². The quantitative estimate of drug-likeness (QED) is 0.776. The van der Waals surface area contributed by atoms with E-state index in [1.807, 2.05) is 4.90 Å². The van der Waals surface area contributed by atoms with E-state index in [0.717, 1.165) is 19.6 Å². The highest BCUT2D eigenvalue weighted by atomic mass is 32.1. The van der Waals surface area contributed by atoms with Crippen LogP contribution in [0.5, 0.6) is 0 Å². The number of likely N-dealkylation sites (N-methyl/N-ethyl adjacent to an activating group) is 1. The third-order valence-electron chi connectivity index (χ3n) is 2.83. The number of nitrogen functional groups attached to an aromatic ring is 1. The van der Waals surface area contributed by atoms with Crippen LogP contribution in [0.15, 0.2) is 5.38 Å². The molecule has 1 atom stereocenters. The lowest BCUT2D eigenvalue weighted by Gasteiger charge is -2.37. The zero-order valence-corrected chi connectivity index (χ0v) is 10.3. The Morgan fingerprint density at radius 1 is 1.62 bits per heavy atom. The Balaban J connectivity index is 2.10. The summed E-state index contributed by atoms with van der Waals surface area (Å²) in [4.78, 5) is 20.3. The highest BCUT2D eigenvalue weighted by Crippen LogP contribution is 2.16. The maximum absolute atomic E-state index is 12.1. The zero-order chi connectivity index (χ0) is 11.7. The number of rotatable bonds is 1. The molecular formula is C10H16N4OS. The second kappa shape index (κ2) is 4.39. The summed E-state index contributed by atoms with van der Waals surface area (Å²) >= 11 is 1.31. The molecule has 0 bridgehead atoms. The number of carbonyl (C=O) groups excluding carboxylic acids is 1.